The summed E-state index contributed by atoms with van der Waals surface area (Å²) in [5.74, 6) is -0.673. The molecule has 2 N–H and O–H groups in total. The highest BCUT2D eigenvalue weighted by Crippen LogP contribution is 2.24. The zero-order valence-corrected chi connectivity index (χ0v) is 14.4. The Hall–Kier alpha value is -3.49. The number of urea groups is 1. The van der Waals surface area contributed by atoms with E-state index in [1.54, 1.807) is 19.1 Å². The summed E-state index contributed by atoms with van der Waals surface area (Å²) in [6.07, 6.45) is 0.0812. The minimum Gasteiger partial charge on any atom is -0.333 e. The molecule has 8 nitrogen and oxygen atoms in total. The van der Waals surface area contributed by atoms with E-state index in [0.29, 0.717) is 16.9 Å². The molecule has 0 bridgehead atoms. The number of amides is 3. The highest BCUT2D eigenvalue weighted by atomic mass is 19.1. The van der Waals surface area contributed by atoms with Gasteiger partial charge in [0.1, 0.15) is 5.82 Å². The van der Waals surface area contributed by atoms with Crippen molar-refractivity contribution in [3.8, 4) is 0 Å². The standard InChI is InChI=1S/C18H17FN4O4/c1-11-5-6-15(23(26)27)9-16(11)21-18(25)20-13-8-17(24)22(10-13)14-4-2-3-12(19)7-14/h2-7,9,13H,8,10H2,1H3,(H2,20,21,25). The maximum absolute atomic E-state index is 13.4. The summed E-state index contributed by atoms with van der Waals surface area (Å²) in [5.41, 5.74) is 1.27. The predicted octanol–water partition coefficient (Wildman–Crippen LogP) is 2.97. The van der Waals surface area contributed by atoms with Gasteiger partial charge < -0.3 is 15.5 Å². The first kappa shape index (κ1) is 18.3. The number of hydrogen-bond acceptors (Lipinski definition) is 4. The first-order chi connectivity index (χ1) is 12.8. The number of carbonyl (C=O) groups excluding carboxylic acids is 2. The average molecular weight is 372 g/mol. The molecule has 1 aliphatic heterocycles. The maximum atomic E-state index is 13.4. The van der Waals surface area contributed by atoms with Crippen LogP contribution in [0.4, 0.5) is 26.2 Å². The second kappa shape index (κ2) is 7.40. The number of hydrogen-bond donors (Lipinski definition) is 2. The van der Waals surface area contributed by atoms with Crippen LogP contribution in [0.25, 0.3) is 0 Å². The molecule has 3 rings (SSSR count). The Morgan fingerprint density at radius 1 is 1.30 bits per heavy atom. The van der Waals surface area contributed by atoms with E-state index in [2.05, 4.69) is 10.6 Å². The summed E-state index contributed by atoms with van der Waals surface area (Å²) in [7, 11) is 0. The van der Waals surface area contributed by atoms with Crippen LogP contribution in [0, 0.1) is 22.9 Å². The number of benzene rings is 2. The molecule has 0 spiro atoms. The van der Waals surface area contributed by atoms with Crippen LogP contribution in [0.2, 0.25) is 0 Å². The number of nitrogens with zero attached hydrogens (tertiary/aromatic N) is 2. The highest BCUT2D eigenvalue weighted by molar-refractivity contribution is 5.97. The van der Waals surface area contributed by atoms with Crippen molar-refractivity contribution in [1.29, 1.82) is 0 Å². The van der Waals surface area contributed by atoms with E-state index in [4.69, 9.17) is 0 Å². The van der Waals surface area contributed by atoms with Crippen LogP contribution in [0.5, 0.6) is 0 Å². The molecule has 27 heavy (non-hydrogen) atoms. The molecule has 0 aromatic heterocycles. The molecule has 0 saturated carbocycles. The molecule has 9 heteroatoms. The minimum atomic E-state index is -0.572. The Kier molecular flexibility index (Phi) is 5.02. The third-order valence-corrected chi connectivity index (χ3v) is 4.26. The van der Waals surface area contributed by atoms with E-state index in [0.717, 1.165) is 0 Å². The molecule has 1 saturated heterocycles. The molecular formula is C18H17FN4O4. The fraction of sp³-hybridized carbons (Fsp3) is 0.222. The van der Waals surface area contributed by atoms with Crippen molar-refractivity contribution < 1.29 is 18.9 Å². The lowest BCUT2D eigenvalue weighted by atomic mass is 10.2. The van der Waals surface area contributed by atoms with Gasteiger partial charge in [-0.25, -0.2) is 9.18 Å². The molecule has 3 amide bonds. The van der Waals surface area contributed by atoms with Crippen molar-refractivity contribution in [3.63, 3.8) is 0 Å². The van der Waals surface area contributed by atoms with Crippen LogP contribution in [-0.2, 0) is 4.79 Å². The Bertz CT molecular complexity index is 918. The van der Waals surface area contributed by atoms with Crippen LogP contribution >= 0.6 is 0 Å². The highest BCUT2D eigenvalue weighted by Gasteiger charge is 2.31. The lowest BCUT2D eigenvalue weighted by Gasteiger charge is -2.17. The van der Waals surface area contributed by atoms with Gasteiger partial charge in [-0.15, -0.1) is 0 Å². The molecule has 140 valence electrons. The molecule has 2 aromatic rings. The number of aryl methyl sites for hydroxylation is 1. The zero-order chi connectivity index (χ0) is 19.6. The zero-order valence-electron chi connectivity index (χ0n) is 14.4. The van der Waals surface area contributed by atoms with Crippen LogP contribution in [0.15, 0.2) is 42.5 Å². The number of rotatable bonds is 4. The lowest BCUT2D eigenvalue weighted by Crippen LogP contribution is -2.39. The predicted molar refractivity (Wildman–Crippen MR) is 97.1 cm³/mol. The molecule has 1 fully saturated rings. The third-order valence-electron chi connectivity index (χ3n) is 4.26. The molecule has 2 aromatic carbocycles. The second-order valence-electron chi connectivity index (χ2n) is 6.24. The van der Waals surface area contributed by atoms with Gasteiger partial charge in [-0.05, 0) is 30.7 Å². The molecule has 1 heterocycles. The monoisotopic (exact) mass is 372 g/mol. The topological polar surface area (TPSA) is 105 Å². The maximum Gasteiger partial charge on any atom is 0.319 e. The summed E-state index contributed by atoms with van der Waals surface area (Å²) in [4.78, 5) is 36.1. The number of carbonyl (C=O) groups is 2. The molecule has 0 radical (unpaired) electrons. The van der Waals surface area contributed by atoms with Crippen molar-refractivity contribution >= 4 is 29.0 Å². The SMILES string of the molecule is Cc1ccc([N+](=O)[O-])cc1NC(=O)NC1CC(=O)N(c2cccc(F)c2)C1. The quantitative estimate of drug-likeness (QED) is 0.636. The lowest BCUT2D eigenvalue weighted by molar-refractivity contribution is -0.384. The summed E-state index contributed by atoms with van der Waals surface area (Å²) in [5, 5.41) is 16.1. The number of nitro benzene ring substituents is 1. The molecule has 1 aliphatic rings. The largest absolute Gasteiger partial charge is 0.333 e. The first-order valence-corrected chi connectivity index (χ1v) is 8.22. The van der Waals surface area contributed by atoms with E-state index in [1.807, 2.05) is 0 Å². The van der Waals surface area contributed by atoms with Crippen molar-refractivity contribution in [2.24, 2.45) is 0 Å². The van der Waals surface area contributed by atoms with Gasteiger partial charge in [0.05, 0.1) is 16.7 Å². The van der Waals surface area contributed by atoms with Gasteiger partial charge in [-0.3, -0.25) is 14.9 Å². The Labute approximate surface area is 154 Å². The molecular weight excluding hydrogens is 355 g/mol. The first-order valence-electron chi connectivity index (χ1n) is 8.22. The van der Waals surface area contributed by atoms with Gasteiger partial charge in [0.2, 0.25) is 5.91 Å². The van der Waals surface area contributed by atoms with Gasteiger partial charge in [0.25, 0.3) is 5.69 Å². The smallest absolute Gasteiger partial charge is 0.319 e. The van der Waals surface area contributed by atoms with E-state index in [1.165, 1.54) is 35.2 Å². The van der Waals surface area contributed by atoms with E-state index >= 15 is 0 Å². The van der Waals surface area contributed by atoms with Crippen LogP contribution < -0.4 is 15.5 Å². The number of halogens is 1. The second-order valence-corrected chi connectivity index (χ2v) is 6.24. The van der Waals surface area contributed by atoms with Gasteiger partial charge in [0, 0.05) is 30.8 Å². The summed E-state index contributed by atoms with van der Waals surface area (Å²) >= 11 is 0. The Balaban J connectivity index is 1.65. The Morgan fingerprint density at radius 2 is 2.07 bits per heavy atom. The number of non-ortho nitro benzene ring substituents is 1. The van der Waals surface area contributed by atoms with Crippen molar-refractivity contribution in [3.05, 3.63) is 64.0 Å². The molecule has 0 aliphatic carbocycles. The van der Waals surface area contributed by atoms with Gasteiger partial charge >= 0.3 is 6.03 Å². The Morgan fingerprint density at radius 3 is 2.78 bits per heavy atom. The fourth-order valence-corrected chi connectivity index (χ4v) is 2.90. The fourth-order valence-electron chi connectivity index (χ4n) is 2.90. The number of anilines is 2. The summed E-state index contributed by atoms with van der Waals surface area (Å²) in [6.45, 7) is 1.92. The van der Waals surface area contributed by atoms with Gasteiger partial charge in [-0.1, -0.05) is 12.1 Å². The molecule has 1 unspecified atom stereocenters. The summed E-state index contributed by atoms with van der Waals surface area (Å²) in [6, 6.07) is 8.81. The van der Waals surface area contributed by atoms with Crippen molar-refractivity contribution in [2.75, 3.05) is 16.8 Å². The van der Waals surface area contributed by atoms with E-state index < -0.39 is 22.8 Å². The van der Waals surface area contributed by atoms with Crippen LogP contribution in [-0.4, -0.2) is 29.4 Å². The van der Waals surface area contributed by atoms with Gasteiger partial charge in [0.15, 0.2) is 0 Å². The van der Waals surface area contributed by atoms with Gasteiger partial charge in [-0.2, -0.15) is 0 Å². The van der Waals surface area contributed by atoms with E-state index in [9.17, 15) is 24.1 Å². The van der Waals surface area contributed by atoms with E-state index in [-0.39, 0.29) is 24.6 Å². The summed E-state index contributed by atoms with van der Waals surface area (Å²) < 4.78 is 13.4. The average Bonchev–Trinajstić information content (AvgIpc) is 2.96. The molecule has 1 atom stereocenters. The van der Waals surface area contributed by atoms with Crippen LogP contribution in [0.3, 0.4) is 0 Å². The van der Waals surface area contributed by atoms with Crippen molar-refractivity contribution in [2.45, 2.75) is 19.4 Å². The van der Waals surface area contributed by atoms with Crippen molar-refractivity contribution in [1.82, 2.24) is 5.32 Å². The normalized spacial score (nSPS) is 16.3. The third kappa shape index (κ3) is 4.20. The number of nitrogens with one attached hydrogen (secondary N) is 2. The minimum absolute atomic E-state index is 0.0812. The number of nitro groups is 1. The van der Waals surface area contributed by atoms with Crippen LogP contribution in [0.1, 0.15) is 12.0 Å².